The fraction of sp³-hybridized carbons (Fsp3) is 0.571. The van der Waals surface area contributed by atoms with Crippen molar-refractivity contribution in [3.05, 3.63) is 29.6 Å². The second kappa shape index (κ2) is 8.77. The molecule has 2 rings (SSSR count). The van der Waals surface area contributed by atoms with E-state index in [2.05, 4.69) is 10.1 Å². The maximum absolute atomic E-state index is 13.8. The van der Waals surface area contributed by atoms with Gasteiger partial charge in [-0.05, 0) is 17.7 Å². The highest BCUT2D eigenvalue weighted by Gasteiger charge is 2.33. The minimum Gasteiger partial charge on any atom is -0.403 e. The number of ether oxygens (including phenoxy) is 1. The summed E-state index contributed by atoms with van der Waals surface area (Å²) in [7, 11) is 0. The molecule has 138 valence electrons. The second-order valence-electron chi connectivity index (χ2n) is 5.17. The van der Waals surface area contributed by atoms with E-state index in [4.69, 9.17) is 0 Å². The van der Waals surface area contributed by atoms with Crippen LogP contribution in [0.1, 0.15) is 18.0 Å². The number of piperazine rings is 1. The van der Waals surface area contributed by atoms with Crippen LogP contribution in [0.15, 0.2) is 18.2 Å². The van der Waals surface area contributed by atoms with E-state index < -0.39 is 36.8 Å². The largest absolute Gasteiger partial charge is 0.573 e. The standard InChI is InChI=1S/C14H16F6N2O.ClH/c15-10-7-9(1-2-12(10)23-14(18,19)20)11(8-13(16)17)22-5-3-21-4-6-22;/h1-2,7,11,13,21H,3-6,8H2;1H/t11-;/m1./s1. The SMILES string of the molecule is Cl.Fc1cc([C@@H](CC(F)F)N2CCNCC2)ccc1OC(F)(F)F. The lowest BCUT2D eigenvalue weighted by Crippen LogP contribution is -2.45. The molecule has 1 heterocycles. The van der Waals surface area contributed by atoms with Crippen molar-refractivity contribution in [1.82, 2.24) is 10.2 Å². The van der Waals surface area contributed by atoms with Gasteiger partial charge in [0.05, 0.1) is 0 Å². The van der Waals surface area contributed by atoms with Gasteiger partial charge in [0.25, 0.3) is 0 Å². The Labute approximate surface area is 141 Å². The molecule has 0 radical (unpaired) electrons. The Morgan fingerprint density at radius 2 is 1.79 bits per heavy atom. The van der Waals surface area contributed by atoms with Gasteiger partial charge in [0.15, 0.2) is 11.6 Å². The summed E-state index contributed by atoms with van der Waals surface area (Å²) < 4.78 is 79.4. The van der Waals surface area contributed by atoms with Gasteiger partial charge >= 0.3 is 6.36 Å². The first-order chi connectivity index (χ1) is 10.8. The molecule has 0 unspecified atom stereocenters. The summed E-state index contributed by atoms with van der Waals surface area (Å²) in [6, 6.07) is 2.08. The average Bonchev–Trinajstić information content (AvgIpc) is 2.46. The highest BCUT2D eigenvalue weighted by Crippen LogP contribution is 2.32. The van der Waals surface area contributed by atoms with Crippen molar-refractivity contribution in [2.45, 2.75) is 25.3 Å². The maximum Gasteiger partial charge on any atom is 0.573 e. The summed E-state index contributed by atoms with van der Waals surface area (Å²) in [5.74, 6) is -2.20. The Morgan fingerprint density at radius 1 is 1.17 bits per heavy atom. The van der Waals surface area contributed by atoms with Crippen LogP contribution in [0.25, 0.3) is 0 Å². The van der Waals surface area contributed by atoms with E-state index in [1.54, 1.807) is 4.90 Å². The summed E-state index contributed by atoms with van der Waals surface area (Å²) in [4.78, 5) is 1.77. The predicted molar refractivity (Wildman–Crippen MR) is 78.1 cm³/mol. The lowest BCUT2D eigenvalue weighted by molar-refractivity contribution is -0.275. The number of hydrogen-bond acceptors (Lipinski definition) is 3. The molecule has 1 N–H and O–H groups in total. The summed E-state index contributed by atoms with van der Waals surface area (Å²) in [5, 5.41) is 3.07. The monoisotopic (exact) mass is 378 g/mol. The van der Waals surface area contributed by atoms with E-state index in [0.29, 0.717) is 26.2 Å². The van der Waals surface area contributed by atoms with Gasteiger partial charge in [-0.2, -0.15) is 0 Å². The number of alkyl halides is 5. The van der Waals surface area contributed by atoms with Gasteiger partial charge in [-0.3, -0.25) is 4.90 Å². The number of halogens is 7. The van der Waals surface area contributed by atoms with Crippen LogP contribution in [-0.2, 0) is 0 Å². The molecule has 0 bridgehead atoms. The molecule has 3 nitrogen and oxygen atoms in total. The normalized spacial score (nSPS) is 17.5. The Morgan fingerprint density at radius 3 is 2.29 bits per heavy atom. The van der Waals surface area contributed by atoms with Gasteiger partial charge in [-0.1, -0.05) is 6.07 Å². The molecule has 1 fully saturated rings. The topological polar surface area (TPSA) is 24.5 Å². The van der Waals surface area contributed by atoms with Crippen LogP contribution in [0.5, 0.6) is 5.75 Å². The highest BCUT2D eigenvalue weighted by molar-refractivity contribution is 5.85. The highest BCUT2D eigenvalue weighted by atomic mass is 35.5. The van der Waals surface area contributed by atoms with Crippen molar-refractivity contribution >= 4 is 12.4 Å². The molecule has 0 amide bonds. The van der Waals surface area contributed by atoms with Gasteiger partial charge in [-0.15, -0.1) is 25.6 Å². The minimum atomic E-state index is -5.01. The molecule has 1 aliphatic rings. The third-order valence-corrected chi connectivity index (χ3v) is 3.56. The molecule has 1 aromatic rings. The zero-order valence-electron chi connectivity index (χ0n) is 12.5. The molecule has 0 spiro atoms. The van der Waals surface area contributed by atoms with Crippen LogP contribution in [0.4, 0.5) is 26.3 Å². The van der Waals surface area contributed by atoms with Gasteiger partial charge < -0.3 is 10.1 Å². The van der Waals surface area contributed by atoms with Crippen molar-refractivity contribution in [2.75, 3.05) is 26.2 Å². The summed E-state index contributed by atoms with van der Waals surface area (Å²) >= 11 is 0. The Bertz CT molecular complexity index is 522. The third kappa shape index (κ3) is 6.03. The smallest absolute Gasteiger partial charge is 0.403 e. The van der Waals surface area contributed by atoms with Crippen LogP contribution in [0.3, 0.4) is 0 Å². The molecule has 0 aromatic heterocycles. The molecule has 0 saturated carbocycles. The van der Waals surface area contributed by atoms with Crippen molar-refractivity contribution in [2.24, 2.45) is 0 Å². The number of rotatable bonds is 5. The van der Waals surface area contributed by atoms with Crippen LogP contribution < -0.4 is 10.1 Å². The minimum absolute atomic E-state index is 0. The molecule has 24 heavy (non-hydrogen) atoms. The molecule has 1 aromatic carbocycles. The number of benzene rings is 1. The van der Waals surface area contributed by atoms with E-state index in [0.717, 1.165) is 12.1 Å². The number of nitrogens with one attached hydrogen (secondary N) is 1. The quantitative estimate of drug-likeness (QED) is 0.790. The number of hydrogen-bond donors (Lipinski definition) is 1. The first-order valence-corrected chi connectivity index (χ1v) is 7.04. The molecular weight excluding hydrogens is 362 g/mol. The molecular formula is C14H17ClF6N2O. The van der Waals surface area contributed by atoms with Crippen molar-refractivity contribution in [3.8, 4) is 5.75 Å². The predicted octanol–water partition coefficient (Wildman–Crippen LogP) is 3.75. The first-order valence-electron chi connectivity index (χ1n) is 7.04. The molecule has 1 atom stereocenters. The third-order valence-electron chi connectivity index (χ3n) is 3.56. The summed E-state index contributed by atoms with van der Waals surface area (Å²) in [6.07, 6.45) is -8.13. The molecule has 10 heteroatoms. The van der Waals surface area contributed by atoms with Crippen LogP contribution in [0, 0.1) is 5.82 Å². The lowest BCUT2D eigenvalue weighted by atomic mass is 10.0. The van der Waals surface area contributed by atoms with Gasteiger partial charge in [-0.25, -0.2) is 13.2 Å². The van der Waals surface area contributed by atoms with Crippen molar-refractivity contribution in [3.63, 3.8) is 0 Å². The lowest BCUT2D eigenvalue weighted by Gasteiger charge is -2.35. The van der Waals surface area contributed by atoms with E-state index in [1.165, 1.54) is 6.07 Å². The first kappa shape index (κ1) is 20.9. The Kier molecular flexibility index (Phi) is 7.62. The fourth-order valence-corrected chi connectivity index (χ4v) is 2.59. The fourth-order valence-electron chi connectivity index (χ4n) is 2.59. The van der Waals surface area contributed by atoms with Crippen molar-refractivity contribution in [1.29, 1.82) is 0 Å². The number of nitrogens with zero attached hydrogens (tertiary/aromatic N) is 1. The van der Waals surface area contributed by atoms with Crippen molar-refractivity contribution < 1.29 is 31.1 Å². The summed E-state index contributed by atoms with van der Waals surface area (Å²) in [6.45, 7) is 2.22. The maximum atomic E-state index is 13.8. The zero-order valence-corrected chi connectivity index (χ0v) is 13.3. The Hall–Kier alpha value is -1.19. The van der Waals surface area contributed by atoms with E-state index in [-0.39, 0.29) is 18.0 Å². The van der Waals surface area contributed by atoms with Crippen LogP contribution in [0.2, 0.25) is 0 Å². The van der Waals surface area contributed by atoms with E-state index in [9.17, 15) is 26.3 Å². The Balaban J connectivity index is 0.00000288. The zero-order chi connectivity index (χ0) is 17.0. The molecule has 0 aliphatic carbocycles. The van der Waals surface area contributed by atoms with Gasteiger partial charge in [0, 0.05) is 38.6 Å². The van der Waals surface area contributed by atoms with E-state index in [1.807, 2.05) is 0 Å². The molecule has 1 saturated heterocycles. The second-order valence-corrected chi connectivity index (χ2v) is 5.17. The van der Waals surface area contributed by atoms with Crippen LogP contribution in [-0.4, -0.2) is 43.9 Å². The summed E-state index contributed by atoms with van der Waals surface area (Å²) in [5.41, 5.74) is 0.208. The average molecular weight is 379 g/mol. The van der Waals surface area contributed by atoms with Gasteiger partial charge in [0.1, 0.15) is 0 Å². The molecule has 1 aliphatic heterocycles. The van der Waals surface area contributed by atoms with Crippen LogP contribution >= 0.6 is 12.4 Å². The van der Waals surface area contributed by atoms with Gasteiger partial charge in [0.2, 0.25) is 6.43 Å². The van der Waals surface area contributed by atoms with E-state index >= 15 is 0 Å².